The topological polar surface area (TPSA) is 71.1 Å². The summed E-state index contributed by atoms with van der Waals surface area (Å²) in [6, 6.07) is 11.1. The van der Waals surface area contributed by atoms with Crippen molar-refractivity contribution in [3.63, 3.8) is 0 Å². The summed E-state index contributed by atoms with van der Waals surface area (Å²) < 4.78 is 0. The molecule has 0 spiro atoms. The Bertz CT molecular complexity index is 669. The highest BCUT2D eigenvalue weighted by Crippen LogP contribution is 2.13. The van der Waals surface area contributed by atoms with E-state index in [4.69, 9.17) is 0 Å². The molecule has 1 heterocycles. The molecule has 1 aromatic carbocycles. The largest absolute Gasteiger partial charge is 0.347 e. The number of nitrogens with one attached hydrogen (secondary N) is 2. The van der Waals surface area contributed by atoms with Crippen LogP contribution in [0.3, 0.4) is 0 Å². The molecular weight excluding hydrogens is 278 g/mol. The minimum absolute atomic E-state index is 0.371. The van der Waals surface area contributed by atoms with Gasteiger partial charge in [-0.25, -0.2) is 0 Å². The maximum absolute atomic E-state index is 11.8. The Balaban J connectivity index is 1.82. The van der Waals surface area contributed by atoms with E-state index in [2.05, 4.69) is 15.6 Å². The Morgan fingerprint density at radius 1 is 1.05 bits per heavy atom. The fourth-order valence-corrected chi connectivity index (χ4v) is 1.94. The molecular formula is C17H19N3O2. The van der Waals surface area contributed by atoms with Crippen LogP contribution in [0.15, 0.2) is 42.6 Å². The Kier molecular flexibility index (Phi) is 5.25. The lowest BCUT2D eigenvalue weighted by atomic mass is 10.1. The number of rotatable bonds is 4. The van der Waals surface area contributed by atoms with Gasteiger partial charge in [0.1, 0.15) is 0 Å². The average Bonchev–Trinajstić information content (AvgIpc) is 2.52. The van der Waals surface area contributed by atoms with Crippen molar-refractivity contribution in [2.75, 3.05) is 11.9 Å². The zero-order chi connectivity index (χ0) is 15.9. The zero-order valence-electron chi connectivity index (χ0n) is 12.7. The van der Waals surface area contributed by atoms with Crippen LogP contribution in [-0.2, 0) is 16.0 Å². The first-order valence-corrected chi connectivity index (χ1v) is 7.12. The number of carbonyl (C=O) groups is 2. The minimum atomic E-state index is -0.663. The summed E-state index contributed by atoms with van der Waals surface area (Å²) in [6.45, 7) is 4.32. The van der Waals surface area contributed by atoms with Gasteiger partial charge in [0.2, 0.25) is 0 Å². The number of anilines is 1. The summed E-state index contributed by atoms with van der Waals surface area (Å²) >= 11 is 0. The van der Waals surface area contributed by atoms with Crippen molar-refractivity contribution in [2.24, 2.45) is 0 Å². The number of hydrogen-bond acceptors (Lipinski definition) is 3. The maximum Gasteiger partial charge on any atom is 0.313 e. The van der Waals surface area contributed by atoms with Gasteiger partial charge >= 0.3 is 11.8 Å². The number of hydrogen-bond donors (Lipinski definition) is 2. The molecule has 22 heavy (non-hydrogen) atoms. The summed E-state index contributed by atoms with van der Waals surface area (Å²) in [5.74, 6) is -1.31. The molecule has 0 saturated carbocycles. The molecule has 0 bridgehead atoms. The van der Waals surface area contributed by atoms with Crippen LogP contribution in [0.25, 0.3) is 0 Å². The third-order valence-corrected chi connectivity index (χ3v) is 3.36. The van der Waals surface area contributed by atoms with E-state index in [0.717, 1.165) is 16.8 Å². The minimum Gasteiger partial charge on any atom is -0.347 e. The van der Waals surface area contributed by atoms with Crippen LogP contribution in [0.1, 0.15) is 16.8 Å². The second-order valence-electron chi connectivity index (χ2n) is 5.08. The summed E-state index contributed by atoms with van der Waals surface area (Å²) in [5, 5.41) is 5.18. The zero-order valence-corrected chi connectivity index (χ0v) is 12.7. The molecule has 0 unspecified atom stereocenters. The van der Waals surface area contributed by atoms with Crippen molar-refractivity contribution in [3.8, 4) is 0 Å². The third-order valence-electron chi connectivity index (χ3n) is 3.36. The van der Waals surface area contributed by atoms with Crippen LogP contribution in [0.2, 0.25) is 0 Å². The number of nitrogens with zero attached hydrogens (tertiary/aromatic N) is 1. The van der Waals surface area contributed by atoms with Crippen LogP contribution >= 0.6 is 0 Å². The highest BCUT2D eigenvalue weighted by molar-refractivity contribution is 6.39. The third kappa shape index (κ3) is 4.41. The molecule has 2 rings (SSSR count). The van der Waals surface area contributed by atoms with Crippen molar-refractivity contribution in [3.05, 3.63) is 59.4 Å². The number of carbonyl (C=O) groups excluding carboxylic acids is 2. The first-order chi connectivity index (χ1) is 10.6. The molecule has 5 heteroatoms. The average molecular weight is 297 g/mol. The van der Waals surface area contributed by atoms with E-state index in [1.54, 1.807) is 12.3 Å². The first kappa shape index (κ1) is 15.7. The number of aryl methyl sites for hydroxylation is 2. The van der Waals surface area contributed by atoms with Crippen LogP contribution in [0.4, 0.5) is 5.69 Å². The van der Waals surface area contributed by atoms with Gasteiger partial charge in [-0.15, -0.1) is 0 Å². The molecule has 114 valence electrons. The van der Waals surface area contributed by atoms with Crippen LogP contribution < -0.4 is 10.6 Å². The Morgan fingerprint density at radius 2 is 1.86 bits per heavy atom. The van der Waals surface area contributed by atoms with Gasteiger partial charge in [-0.05, 0) is 49.2 Å². The van der Waals surface area contributed by atoms with Crippen molar-refractivity contribution < 1.29 is 9.59 Å². The van der Waals surface area contributed by atoms with Crippen LogP contribution in [-0.4, -0.2) is 23.3 Å². The van der Waals surface area contributed by atoms with Gasteiger partial charge in [0, 0.05) is 30.5 Å². The highest BCUT2D eigenvalue weighted by Gasteiger charge is 2.13. The predicted molar refractivity (Wildman–Crippen MR) is 85.5 cm³/mol. The first-order valence-electron chi connectivity index (χ1n) is 7.12. The van der Waals surface area contributed by atoms with Gasteiger partial charge in [-0.1, -0.05) is 12.1 Å². The molecule has 0 radical (unpaired) electrons. The summed E-state index contributed by atoms with van der Waals surface area (Å²) in [4.78, 5) is 27.7. The van der Waals surface area contributed by atoms with E-state index in [9.17, 15) is 9.59 Å². The van der Waals surface area contributed by atoms with Gasteiger partial charge in [0.15, 0.2) is 0 Å². The fourth-order valence-electron chi connectivity index (χ4n) is 1.94. The summed E-state index contributed by atoms with van der Waals surface area (Å²) in [5.41, 5.74) is 3.69. The van der Waals surface area contributed by atoms with Gasteiger partial charge < -0.3 is 10.6 Å². The lowest BCUT2D eigenvalue weighted by Gasteiger charge is -2.08. The Morgan fingerprint density at radius 3 is 2.55 bits per heavy atom. The van der Waals surface area contributed by atoms with E-state index >= 15 is 0 Å². The Hall–Kier alpha value is -2.69. The molecule has 1 aromatic heterocycles. The second kappa shape index (κ2) is 7.36. The summed E-state index contributed by atoms with van der Waals surface area (Å²) in [7, 11) is 0. The van der Waals surface area contributed by atoms with Gasteiger partial charge in [-0.3, -0.25) is 14.6 Å². The maximum atomic E-state index is 11.8. The second-order valence-corrected chi connectivity index (χ2v) is 5.08. The molecule has 0 aliphatic heterocycles. The number of benzene rings is 1. The molecule has 5 nitrogen and oxygen atoms in total. The fraction of sp³-hybridized carbons (Fsp3) is 0.235. The van der Waals surface area contributed by atoms with E-state index in [1.165, 1.54) is 0 Å². The molecule has 2 aromatic rings. The molecule has 2 N–H and O–H groups in total. The smallest absolute Gasteiger partial charge is 0.313 e. The molecule has 0 saturated heterocycles. The lowest BCUT2D eigenvalue weighted by Crippen LogP contribution is -2.36. The SMILES string of the molecule is Cc1ccc(NC(=O)C(=O)NCCc2ccccn2)cc1C. The highest BCUT2D eigenvalue weighted by atomic mass is 16.2. The Labute approximate surface area is 129 Å². The van der Waals surface area contributed by atoms with Crippen molar-refractivity contribution >= 4 is 17.5 Å². The van der Waals surface area contributed by atoms with E-state index in [1.807, 2.05) is 44.2 Å². The summed E-state index contributed by atoms with van der Waals surface area (Å²) in [6.07, 6.45) is 2.28. The molecule has 2 amide bonds. The number of pyridine rings is 1. The number of aromatic nitrogens is 1. The van der Waals surface area contributed by atoms with Crippen molar-refractivity contribution in [2.45, 2.75) is 20.3 Å². The van der Waals surface area contributed by atoms with E-state index in [-0.39, 0.29) is 0 Å². The molecule has 0 fully saturated rings. The monoisotopic (exact) mass is 297 g/mol. The number of amides is 2. The van der Waals surface area contributed by atoms with Gasteiger partial charge in [-0.2, -0.15) is 0 Å². The standard InChI is InChI=1S/C17H19N3O2/c1-12-6-7-15(11-13(12)2)20-17(22)16(21)19-10-8-14-5-3-4-9-18-14/h3-7,9,11H,8,10H2,1-2H3,(H,19,21)(H,20,22). The predicted octanol–water partition coefficient (Wildman–Crippen LogP) is 2.00. The normalized spacial score (nSPS) is 10.1. The van der Waals surface area contributed by atoms with Gasteiger partial charge in [0.05, 0.1) is 0 Å². The molecule has 0 aliphatic rings. The van der Waals surface area contributed by atoms with Crippen LogP contribution in [0.5, 0.6) is 0 Å². The molecule has 0 aliphatic carbocycles. The molecule has 0 atom stereocenters. The van der Waals surface area contributed by atoms with E-state index in [0.29, 0.717) is 18.7 Å². The van der Waals surface area contributed by atoms with Gasteiger partial charge in [0.25, 0.3) is 0 Å². The van der Waals surface area contributed by atoms with E-state index < -0.39 is 11.8 Å². The van der Waals surface area contributed by atoms with Crippen LogP contribution in [0, 0.1) is 13.8 Å². The van der Waals surface area contributed by atoms with Crippen molar-refractivity contribution in [1.29, 1.82) is 0 Å². The van der Waals surface area contributed by atoms with Crippen molar-refractivity contribution in [1.82, 2.24) is 10.3 Å². The quantitative estimate of drug-likeness (QED) is 0.848. The lowest BCUT2D eigenvalue weighted by molar-refractivity contribution is -0.136.